The van der Waals surface area contributed by atoms with E-state index in [9.17, 15) is 4.79 Å². The SMILES string of the molecule is CCCCCCOc1ccc(/C=N/NC(=O)CSc2nc3ccccc3s2)cc1OCC. The Morgan fingerprint density at radius 3 is 2.81 bits per heavy atom. The van der Waals surface area contributed by atoms with Crippen molar-refractivity contribution in [3.63, 3.8) is 0 Å². The summed E-state index contributed by atoms with van der Waals surface area (Å²) in [6, 6.07) is 13.6. The summed E-state index contributed by atoms with van der Waals surface area (Å²) in [6.45, 7) is 5.36. The van der Waals surface area contributed by atoms with Gasteiger partial charge in [0.1, 0.15) is 0 Å². The first-order chi connectivity index (χ1) is 15.7. The lowest BCUT2D eigenvalue weighted by Crippen LogP contribution is -2.19. The zero-order valence-electron chi connectivity index (χ0n) is 18.5. The number of thiazole rings is 1. The van der Waals surface area contributed by atoms with Crippen LogP contribution in [0.1, 0.15) is 45.1 Å². The van der Waals surface area contributed by atoms with Crippen molar-refractivity contribution in [1.29, 1.82) is 0 Å². The standard InChI is InChI=1S/C24H29N3O3S2/c1-3-5-6-9-14-30-20-13-12-18(15-21(20)29-4-2)16-25-27-23(28)17-31-24-26-19-10-7-8-11-22(19)32-24/h7-8,10-13,15-16H,3-6,9,14,17H2,1-2H3,(H,27,28)/b25-16+. The highest BCUT2D eigenvalue weighted by Gasteiger charge is 2.08. The van der Waals surface area contributed by atoms with Crippen molar-refractivity contribution in [3.05, 3.63) is 48.0 Å². The number of hydrogen-bond acceptors (Lipinski definition) is 7. The Morgan fingerprint density at radius 1 is 1.12 bits per heavy atom. The Bertz CT molecular complexity index is 1000. The van der Waals surface area contributed by atoms with Crippen molar-refractivity contribution >= 4 is 45.4 Å². The lowest BCUT2D eigenvalue weighted by atomic mass is 10.2. The molecule has 0 bridgehead atoms. The molecule has 0 spiro atoms. The first kappa shape index (κ1) is 24.1. The number of unbranched alkanes of at least 4 members (excludes halogenated alkanes) is 3. The molecule has 8 heteroatoms. The van der Waals surface area contributed by atoms with Gasteiger partial charge in [0.2, 0.25) is 0 Å². The third-order valence-corrected chi connectivity index (χ3v) is 6.71. The molecule has 2 aromatic carbocycles. The largest absolute Gasteiger partial charge is 0.490 e. The molecule has 0 saturated carbocycles. The van der Waals surface area contributed by atoms with Crippen molar-refractivity contribution < 1.29 is 14.3 Å². The molecule has 0 saturated heterocycles. The van der Waals surface area contributed by atoms with E-state index in [4.69, 9.17) is 9.47 Å². The van der Waals surface area contributed by atoms with E-state index in [1.165, 1.54) is 31.0 Å². The zero-order chi connectivity index (χ0) is 22.6. The normalized spacial score (nSPS) is 11.2. The number of nitrogens with one attached hydrogen (secondary N) is 1. The predicted octanol–water partition coefficient (Wildman–Crippen LogP) is 5.90. The minimum absolute atomic E-state index is 0.178. The van der Waals surface area contributed by atoms with Gasteiger partial charge in [0, 0.05) is 0 Å². The van der Waals surface area contributed by atoms with E-state index in [2.05, 4.69) is 22.4 Å². The van der Waals surface area contributed by atoms with Gasteiger partial charge in [-0.3, -0.25) is 4.79 Å². The van der Waals surface area contributed by atoms with Gasteiger partial charge >= 0.3 is 0 Å². The third-order valence-electron chi connectivity index (χ3n) is 4.53. The molecule has 0 aliphatic rings. The molecule has 0 radical (unpaired) electrons. The number of nitrogens with zero attached hydrogens (tertiary/aromatic N) is 2. The van der Waals surface area contributed by atoms with Crippen LogP contribution in [0.3, 0.4) is 0 Å². The summed E-state index contributed by atoms with van der Waals surface area (Å²) in [7, 11) is 0. The summed E-state index contributed by atoms with van der Waals surface area (Å²) in [4.78, 5) is 16.6. The monoisotopic (exact) mass is 471 g/mol. The summed E-state index contributed by atoms with van der Waals surface area (Å²) in [5.74, 6) is 1.50. The maximum atomic E-state index is 12.1. The molecular formula is C24H29N3O3S2. The molecule has 3 rings (SSSR count). The van der Waals surface area contributed by atoms with Crippen molar-refractivity contribution in [3.8, 4) is 11.5 Å². The first-order valence-electron chi connectivity index (χ1n) is 10.9. The van der Waals surface area contributed by atoms with E-state index >= 15 is 0 Å². The van der Waals surface area contributed by atoms with Gasteiger partial charge < -0.3 is 9.47 Å². The van der Waals surface area contributed by atoms with Crippen LogP contribution >= 0.6 is 23.1 Å². The van der Waals surface area contributed by atoms with Gasteiger partial charge in [-0.15, -0.1) is 11.3 Å². The van der Waals surface area contributed by atoms with Gasteiger partial charge in [-0.1, -0.05) is 50.1 Å². The van der Waals surface area contributed by atoms with Crippen molar-refractivity contribution in [2.45, 2.75) is 43.9 Å². The summed E-state index contributed by atoms with van der Waals surface area (Å²) in [5.41, 5.74) is 4.35. The highest BCUT2D eigenvalue weighted by atomic mass is 32.2. The smallest absolute Gasteiger partial charge is 0.250 e. The summed E-state index contributed by atoms with van der Waals surface area (Å²) in [6.07, 6.45) is 6.23. The topological polar surface area (TPSA) is 72.8 Å². The minimum Gasteiger partial charge on any atom is -0.490 e. The van der Waals surface area contributed by atoms with Gasteiger partial charge in [-0.05, 0) is 49.2 Å². The number of ether oxygens (including phenoxy) is 2. The summed E-state index contributed by atoms with van der Waals surface area (Å²) in [5, 5.41) is 4.07. The Kier molecular flexibility index (Phi) is 9.84. The van der Waals surface area contributed by atoms with Crippen LogP contribution in [0.15, 0.2) is 51.9 Å². The maximum Gasteiger partial charge on any atom is 0.250 e. The molecule has 1 amide bonds. The molecule has 6 nitrogen and oxygen atoms in total. The van der Waals surface area contributed by atoms with Crippen LogP contribution in [-0.4, -0.2) is 36.1 Å². The molecule has 1 aromatic heterocycles. The number of hydrazone groups is 1. The first-order valence-corrected chi connectivity index (χ1v) is 12.7. The molecular weight excluding hydrogens is 442 g/mol. The molecule has 0 atom stereocenters. The number of carbonyl (C=O) groups excluding carboxylic acids is 1. The van der Waals surface area contributed by atoms with Crippen LogP contribution < -0.4 is 14.9 Å². The third kappa shape index (κ3) is 7.53. The number of thioether (sulfide) groups is 1. The second-order valence-corrected chi connectivity index (χ2v) is 9.33. The van der Waals surface area contributed by atoms with Crippen LogP contribution in [0, 0.1) is 0 Å². The molecule has 0 unspecified atom stereocenters. The Hall–Kier alpha value is -2.58. The number of benzene rings is 2. The molecule has 1 N–H and O–H groups in total. The van der Waals surface area contributed by atoms with Crippen LogP contribution in [0.5, 0.6) is 11.5 Å². The highest BCUT2D eigenvalue weighted by Crippen LogP contribution is 2.29. The zero-order valence-corrected chi connectivity index (χ0v) is 20.1. The van der Waals surface area contributed by atoms with E-state index < -0.39 is 0 Å². The van der Waals surface area contributed by atoms with Crippen LogP contribution in [0.25, 0.3) is 10.2 Å². The van der Waals surface area contributed by atoms with E-state index in [1.807, 2.05) is 49.4 Å². The fraction of sp³-hybridized carbons (Fsp3) is 0.375. The average Bonchev–Trinajstić information content (AvgIpc) is 3.22. The van der Waals surface area contributed by atoms with Crippen LogP contribution in [0.4, 0.5) is 0 Å². The Morgan fingerprint density at radius 2 is 2.00 bits per heavy atom. The summed E-state index contributed by atoms with van der Waals surface area (Å²) < 4.78 is 13.6. The molecule has 1 heterocycles. The maximum absolute atomic E-state index is 12.1. The fourth-order valence-corrected chi connectivity index (χ4v) is 4.82. The molecule has 0 fully saturated rings. The fourth-order valence-electron chi connectivity index (χ4n) is 2.95. The Balaban J connectivity index is 1.48. The second kappa shape index (κ2) is 13.1. The number of aromatic nitrogens is 1. The van der Waals surface area contributed by atoms with E-state index in [0.29, 0.717) is 19.0 Å². The lowest BCUT2D eigenvalue weighted by Gasteiger charge is -2.12. The molecule has 0 aliphatic heterocycles. The van der Waals surface area contributed by atoms with Gasteiger partial charge in [-0.25, -0.2) is 10.4 Å². The molecule has 170 valence electrons. The highest BCUT2D eigenvalue weighted by molar-refractivity contribution is 8.01. The van der Waals surface area contributed by atoms with Gasteiger partial charge in [0.05, 0.1) is 35.4 Å². The lowest BCUT2D eigenvalue weighted by molar-refractivity contribution is -0.118. The average molecular weight is 472 g/mol. The molecule has 3 aromatic rings. The van der Waals surface area contributed by atoms with Crippen LogP contribution in [-0.2, 0) is 4.79 Å². The predicted molar refractivity (Wildman–Crippen MR) is 133 cm³/mol. The number of carbonyl (C=O) groups is 1. The number of rotatable bonds is 13. The van der Waals surface area contributed by atoms with E-state index in [0.717, 1.165) is 32.3 Å². The second-order valence-electron chi connectivity index (χ2n) is 7.08. The summed E-state index contributed by atoms with van der Waals surface area (Å²) >= 11 is 2.99. The van der Waals surface area contributed by atoms with Gasteiger partial charge in [0.15, 0.2) is 15.8 Å². The van der Waals surface area contributed by atoms with Crippen molar-refractivity contribution in [2.75, 3.05) is 19.0 Å². The van der Waals surface area contributed by atoms with Crippen molar-refractivity contribution in [1.82, 2.24) is 10.4 Å². The van der Waals surface area contributed by atoms with Crippen molar-refractivity contribution in [2.24, 2.45) is 5.10 Å². The number of para-hydroxylation sites is 1. The van der Waals surface area contributed by atoms with E-state index in [1.54, 1.807) is 17.6 Å². The number of hydrogen-bond donors (Lipinski definition) is 1. The Labute approximate surface area is 197 Å². The molecule has 32 heavy (non-hydrogen) atoms. The number of fused-ring (bicyclic) bond motifs is 1. The van der Waals surface area contributed by atoms with E-state index in [-0.39, 0.29) is 11.7 Å². The van der Waals surface area contributed by atoms with Gasteiger partial charge in [-0.2, -0.15) is 5.10 Å². The number of amides is 1. The molecule has 0 aliphatic carbocycles. The van der Waals surface area contributed by atoms with Crippen LogP contribution in [0.2, 0.25) is 0 Å². The quantitative estimate of drug-likeness (QED) is 0.145. The minimum atomic E-state index is -0.178. The van der Waals surface area contributed by atoms with Gasteiger partial charge in [0.25, 0.3) is 5.91 Å².